The Morgan fingerprint density at radius 3 is 2.43 bits per heavy atom. The van der Waals surface area contributed by atoms with Crippen molar-refractivity contribution in [3.63, 3.8) is 0 Å². The summed E-state index contributed by atoms with van der Waals surface area (Å²) < 4.78 is 39.7. The predicted octanol–water partition coefficient (Wildman–Crippen LogP) is 2.41. The molecule has 1 heterocycles. The van der Waals surface area contributed by atoms with Crippen molar-refractivity contribution in [2.24, 2.45) is 0 Å². The lowest BCUT2D eigenvalue weighted by atomic mass is 10.1. The van der Waals surface area contributed by atoms with E-state index in [2.05, 4.69) is 10.0 Å². The van der Waals surface area contributed by atoms with E-state index in [0.717, 1.165) is 31.2 Å². The van der Waals surface area contributed by atoms with Crippen molar-refractivity contribution in [3.8, 4) is 11.5 Å². The van der Waals surface area contributed by atoms with Gasteiger partial charge in [-0.15, -0.1) is 0 Å². The van der Waals surface area contributed by atoms with Gasteiger partial charge in [-0.2, -0.15) is 4.72 Å². The Morgan fingerprint density at radius 2 is 1.70 bits per heavy atom. The van der Waals surface area contributed by atoms with Crippen molar-refractivity contribution in [1.82, 2.24) is 10.0 Å². The predicted molar refractivity (Wildman–Crippen MR) is 112 cm³/mol. The fourth-order valence-corrected chi connectivity index (χ4v) is 5.07. The Morgan fingerprint density at radius 1 is 1.00 bits per heavy atom. The van der Waals surface area contributed by atoms with Gasteiger partial charge in [0.05, 0.1) is 4.90 Å². The van der Waals surface area contributed by atoms with Gasteiger partial charge in [0.25, 0.3) is 0 Å². The van der Waals surface area contributed by atoms with Crippen LogP contribution in [0.2, 0.25) is 0 Å². The molecule has 2 aromatic rings. The maximum atomic E-state index is 13.1. The number of hydrogen-bond acceptors (Lipinski definition) is 5. The topological polar surface area (TPSA) is 93.7 Å². The largest absolute Gasteiger partial charge is 0.486 e. The Hall–Kier alpha value is -2.58. The number of ether oxygens (including phenoxy) is 2. The van der Waals surface area contributed by atoms with Gasteiger partial charge in [-0.05, 0) is 37.0 Å². The first-order chi connectivity index (χ1) is 14.5. The zero-order chi connectivity index (χ0) is 21.0. The maximum Gasteiger partial charge on any atom is 0.241 e. The molecule has 0 radical (unpaired) electrons. The van der Waals surface area contributed by atoms with Crippen LogP contribution in [0.3, 0.4) is 0 Å². The molecule has 8 heteroatoms. The number of carbonyl (C=O) groups excluding carboxylic acids is 1. The Balaban J connectivity index is 1.55. The molecule has 7 nitrogen and oxygen atoms in total. The summed E-state index contributed by atoms with van der Waals surface area (Å²) in [5, 5.41) is 3.01. The van der Waals surface area contributed by atoms with Crippen molar-refractivity contribution in [3.05, 3.63) is 54.1 Å². The highest BCUT2D eigenvalue weighted by Crippen LogP contribution is 2.32. The van der Waals surface area contributed by atoms with Crippen LogP contribution >= 0.6 is 0 Å². The van der Waals surface area contributed by atoms with Gasteiger partial charge in [0, 0.05) is 12.1 Å². The number of benzene rings is 2. The molecule has 2 aliphatic rings. The van der Waals surface area contributed by atoms with Crippen molar-refractivity contribution in [2.45, 2.75) is 49.1 Å². The molecule has 2 N–H and O–H groups in total. The lowest BCUT2D eigenvalue weighted by Gasteiger charge is -2.22. The van der Waals surface area contributed by atoms with E-state index in [9.17, 15) is 13.2 Å². The number of carbonyl (C=O) groups is 1. The molecule has 160 valence electrons. The van der Waals surface area contributed by atoms with Gasteiger partial charge in [-0.1, -0.05) is 43.2 Å². The van der Waals surface area contributed by atoms with Gasteiger partial charge >= 0.3 is 0 Å². The number of sulfonamides is 1. The average Bonchev–Trinajstić information content (AvgIpc) is 3.26. The molecular formula is C22H26N2O5S. The van der Waals surface area contributed by atoms with Gasteiger partial charge in [-0.3, -0.25) is 4.79 Å². The van der Waals surface area contributed by atoms with Crippen molar-refractivity contribution >= 4 is 15.9 Å². The third kappa shape index (κ3) is 4.94. The van der Waals surface area contributed by atoms with Crippen LogP contribution in [-0.2, 0) is 21.2 Å². The highest BCUT2D eigenvalue weighted by Gasteiger charge is 2.29. The molecule has 0 aromatic heterocycles. The van der Waals surface area contributed by atoms with Gasteiger partial charge in [0.1, 0.15) is 19.3 Å². The highest BCUT2D eigenvalue weighted by atomic mass is 32.2. The van der Waals surface area contributed by atoms with Crippen LogP contribution in [0.15, 0.2) is 53.4 Å². The number of nitrogens with one attached hydrogen (secondary N) is 2. The van der Waals surface area contributed by atoms with Crippen LogP contribution in [0.4, 0.5) is 0 Å². The first-order valence-corrected chi connectivity index (χ1v) is 11.8. The van der Waals surface area contributed by atoms with E-state index in [1.807, 2.05) is 30.3 Å². The third-order valence-electron chi connectivity index (χ3n) is 5.42. The highest BCUT2D eigenvalue weighted by molar-refractivity contribution is 7.89. The second-order valence-electron chi connectivity index (χ2n) is 7.66. The maximum absolute atomic E-state index is 13.1. The van der Waals surface area contributed by atoms with Crippen LogP contribution in [0.25, 0.3) is 0 Å². The third-order valence-corrected chi connectivity index (χ3v) is 6.89. The van der Waals surface area contributed by atoms with E-state index in [1.165, 1.54) is 12.1 Å². The van der Waals surface area contributed by atoms with Crippen molar-refractivity contribution < 1.29 is 22.7 Å². The number of fused-ring (bicyclic) bond motifs is 1. The summed E-state index contributed by atoms with van der Waals surface area (Å²) in [7, 11) is -3.94. The minimum atomic E-state index is -3.94. The molecule has 30 heavy (non-hydrogen) atoms. The summed E-state index contributed by atoms with van der Waals surface area (Å²) in [6, 6.07) is 13.1. The van der Waals surface area contributed by atoms with E-state index >= 15 is 0 Å². The minimum Gasteiger partial charge on any atom is -0.486 e. The zero-order valence-corrected chi connectivity index (χ0v) is 17.5. The number of hydrogen-bond donors (Lipinski definition) is 2. The molecule has 0 spiro atoms. The SMILES string of the molecule is O=C(NC1CCCC1)[C@H](Cc1ccccc1)NS(=O)(=O)c1ccc2c(c1)OCCO2. The van der Waals surface area contributed by atoms with Crippen LogP contribution in [0.5, 0.6) is 11.5 Å². The summed E-state index contributed by atoms with van der Waals surface area (Å²) in [4.78, 5) is 13.0. The van der Waals surface area contributed by atoms with Crippen molar-refractivity contribution in [2.75, 3.05) is 13.2 Å². The molecule has 1 aliphatic heterocycles. The first-order valence-electron chi connectivity index (χ1n) is 10.3. The Labute approximate surface area is 176 Å². The summed E-state index contributed by atoms with van der Waals surface area (Å²) in [5.41, 5.74) is 0.883. The zero-order valence-electron chi connectivity index (χ0n) is 16.7. The van der Waals surface area contributed by atoms with Crippen LogP contribution in [0.1, 0.15) is 31.2 Å². The standard InChI is InChI=1S/C22H26N2O5S/c25-22(23-17-8-4-5-9-17)19(14-16-6-2-1-3-7-16)24-30(26,27)18-10-11-20-21(15-18)29-13-12-28-20/h1-3,6-7,10-11,15,17,19,24H,4-5,8-9,12-14H2,(H,23,25)/t19-/m0/s1. The molecular weight excluding hydrogens is 404 g/mol. The summed E-state index contributed by atoms with van der Waals surface area (Å²) in [6.45, 7) is 0.794. The molecule has 1 saturated carbocycles. The minimum absolute atomic E-state index is 0.0403. The van der Waals surface area contributed by atoms with Gasteiger partial charge in [-0.25, -0.2) is 8.42 Å². The van der Waals surface area contributed by atoms with Gasteiger partial charge in [0.15, 0.2) is 11.5 Å². The van der Waals surface area contributed by atoms with Crippen molar-refractivity contribution in [1.29, 1.82) is 0 Å². The summed E-state index contributed by atoms with van der Waals surface area (Å²) in [5.74, 6) is 0.603. The normalized spacial score (nSPS) is 17.5. The molecule has 1 amide bonds. The Kier molecular flexibility index (Phi) is 6.24. The molecule has 0 saturated heterocycles. The van der Waals surface area contributed by atoms with Crippen LogP contribution in [-0.4, -0.2) is 39.6 Å². The van der Waals surface area contributed by atoms with Gasteiger partial charge < -0.3 is 14.8 Å². The molecule has 4 rings (SSSR count). The van der Waals surface area contributed by atoms with E-state index in [4.69, 9.17) is 9.47 Å². The lowest BCUT2D eigenvalue weighted by molar-refractivity contribution is -0.123. The van der Waals surface area contributed by atoms with Crippen LogP contribution < -0.4 is 19.5 Å². The Bertz CT molecular complexity index is 988. The second kappa shape index (κ2) is 9.06. The molecule has 2 aromatic carbocycles. The molecule has 1 fully saturated rings. The average molecular weight is 431 g/mol. The molecule has 1 atom stereocenters. The quantitative estimate of drug-likeness (QED) is 0.704. The van der Waals surface area contributed by atoms with E-state index in [-0.39, 0.29) is 23.3 Å². The second-order valence-corrected chi connectivity index (χ2v) is 9.37. The number of rotatable bonds is 7. The molecule has 1 aliphatic carbocycles. The van der Waals surface area contributed by atoms with Crippen LogP contribution in [0, 0.1) is 0 Å². The smallest absolute Gasteiger partial charge is 0.241 e. The first kappa shape index (κ1) is 20.7. The fraction of sp³-hybridized carbons (Fsp3) is 0.409. The fourth-order valence-electron chi connectivity index (χ4n) is 3.86. The van der Waals surface area contributed by atoms with E-state index < -0.39 is 16.1 Å². The van der Waals surface area contributed by atoms with E-state index in [0.29, 0.717) is 24.7 Å². The molecule has 0 bridgehead atoms. The molecule has 0 unspecified atom stereocenters. The van der Waals surface area contributed by atoms with Gasteiger partial charge in [0.2, 0.25) is 15.9 Å². The summed E-state index contributed by atoms with van der Waals surface area (Å²) in [6.07, 6.45) is 4.29. The van der Waals surface area contributed by atoms with E-state index in [1.54, 1.807) is 6.07 Å². The summed E-state index contributed by atoms with van der Waals surface area (Å²) >= 11 is 0. The lowest BCUT2D eigenvalue weighted by Crippen LogP contribution is -2.50. The number of amides is 1. The monoisotopic (exact) mass is 430 g/mol.